The molecule has 9 heteroatoms. The normalized spacial score (nSPS) is 13.6. The Morgan fingerprint density at radius 1 is 1.13 bits per heavy atom. The summed E-state index contributed by atoms with van der Waals surface area (Å²) < 4.78 is 32.8. The van der Waals surface area contributed by atoms with Crippen LogP contribution in [0.15, 0.2) is 66.1 Å². The van der Waals surface area contributed by atoms with Crippen LogP contribution in [-0.4, -0.2) is 51.4 Å². The van der Waals surface area contributed by atoms with Gasteiger partial charge in [0.1, 0.15) is 0 Å². The summed E-state index contributed by atoms with van der Waals surface area (Å²) in [4.78, 5) is 26.1. The summed E-state index contributed by atoms with van der Waals surface area (Å²) in [6.07, 6.45) is 3.32. The average Bonchev–Trinajstić information content (AvgIpc) is 3.31. The van der Waals surface area contributed by atoms with Crippen molar-refractivity contribution in [1.29, 1.82) is 0 Å². The van der Waals surface area contributed by atoms with E-state index in [4.69, 9.17) is 16.3 Å². The van der Waals surface area contributed by atoms with Crippen molar-refractivity contribution in [2.45, 2.75) is 17.7 Å². The molecule has 0 spiro atoms. The minimum atomic E-state index is -4.01. The lowest BCUT2D eigenvalue weighted by Crippen LogP contribution is -2.32. The van der Waals surface area contributed by atoms with Crippen LogP contribution in [0, 0.1) is 0 Å². The second kappa shape index (κ2) is 9.98. The molecule has 1 aliphatic heterocycles. The van der Waals surface area contributed by atoms with Crippen molar-refractivity contribution in [2.75, 3.05) is 30.5 Å². The third-order valence-corrected chi connectivity index (χ3v) is 6.99. The van der Waals surface area contributed by atoms with E-state index in [2.05, 4.69) is 6.58 Å². The van der Waals surface area contributed by atoms with Gasteiger partial charge >= 0.3 is 5.97 Å². The highest BCUT2D eigenvalue weighted by molar-refractivity contribution is 7.92. The Morgan fingerprint density at radius 3 is 2.45 bits per heavy atom. The zero-order valence-electron chi connectivity index (χ0n) is 16.9. The first kappa shape index (κ1) is 22.8. The molecule has 1 saturated heterocycles. The Kier molecular flexibility index (Phi) is 7.35. The second-order valence-electron chi connectivity index (χ2n) is 6.97. The van der Waals surface area contributed by atoms with Crippen LogP contribution in [-0.2, 0) is 19.6 Å². The van der Waals surface area contributed by atoms with Crippen LogP contribution in [0.1, 0.15) is 23.2 Å². The van der Waals surface area contributed by atoms with E-state index in [1.165, 1.54) is 28.6 Å². The Balaban J connectivity index is 1.83. The van der Waals surface area contributed by atoms with E-state index >= 15 is 0 Å². The molecule has 0 N–H and O–H groups in total. The Morgan fingerprint density at radius 2 is 1.81 bits per heavy atom. The molecule has 1 heterocycles. The highest BCUT2D eigenvalue weighted by Gasteiger charge is 2.27. The fraction of sp³-hybridized carbons (Fsp3) is 0.273. The highest BCUT2D eigenvalue weighted by atomic mass is 35.5. The molecule has 2 aromatic rings. The lowest BCUT2D eigenvalue weighted by molar-refractivity contribution is -0.133. The maximum atomic E-state index is 13.3. The van der Waals surface area contributed by atoms with Crippen molar-refractivity contribution in [1.82, 2.24) is 4.90 Å². The number of nitrogens with zero attached hydrogens (tertiary/aromatic N) is 2. The summed E-state index contributed by atoms with van der Waals surface area (Å²) in [6.45, 7) is 4.54. The predicted molar refractivity (Wildman–Crippen MR) is 119 cm³/mol. The number of likely N-dealkylation sites (tertiary alicyclic amines) is 1. The first-order chi connectivity index (χ1) is 14.8. The quantitative estimate of drug-likeness (QED) is 0.443. The van der Waals surface area contributed by atoms with Gasteiger partial charge in [-0.15, -0.1) is 6.58 Å². The number of halogens is 1. The molecule has 1 fully saturated rings. The van der Waals surface area contributed by atoms with Crippen molar-refractivity contribution in [2.24, 2.45) is 0 Å². The molecule has 31 heavy (non-hydrogen) atoms. The van der Waals surface area contributed by atoms with Gasteiger partial charge in [0.15, 0.2) is 6.61 Å². The number of anilines is 1. The van der Waals surface area contributed by atoms with Crippen molar-refractivity contribution in [3.05, 3.63) is 71.8 Å². The molecule has 164 valence electrons. The van der Waals surface area contributed by atoms with Gasteiger partial charge in [0.05, 0.1) is 27.7 Å². The summed E-state index contributed by atoms with van der Waals surface area (Å²) in [5, 5.41) is 0.0348. The third-order valence-electron chi connectivity index (χ3n) is 4.87. The summed E-state index contributed by atoms with van der Waals surface area (Å²) >= 11 is 6.12. The number of benzene rings is 2. The highest BCUT2D eigenvalue weighted by Crippen LogP contribution is 2.27. The summed E-state index contributed by atoms with van der Waals surface area (Å²) in [7, 11) is -4.01. The van der Waals surface area contributed by atoms with Crippen LogP contribution >= 0.6 is 11.6 Å². The third kappa shape index (κ3) is 5.26. The van der Waals surface area contributed by atoms with Crippen LogP contribution in [0.2, 0.25) is 5.02 Å². The van der Waals surface area contributed by atoms with Crippen LogP contribution in [0.5, 0.6) is 0 Å². The number of amides is 1. The fourth-order valence-electron chi connectivity index (χ4n) is 3.27. The van der Waals surface area contributed by atoms with Crippen LogP contribution in [0.3, 0.4) is 0 Å². The van der Waals surface area contributed by atoms with Crippen LogP contribution in [0.25, 0.3) is 0 Å². The number of carbonyl (C=O) groups excluding carboxylic acids is 2. The van der Waals surface area contributed by atoms with E-state index in [1.807, 2.05) is 0 Å². The molecule has 0 unspecified atom stereocenters. The van der Waals surface area contributed by atoms with E-state index < -0.39 is 22.6 Å². The van der Waals surface area contributed by atoms with Gasteiger partial charge in [0.25, 0.3) is 15.9 Å². The number of para-hydroxylation sites is 1. The number of rotatable bonds is 8. The largest absolute Gasteiger partial charge is 0.452 e. The molecule has 0 aromatic heterocycles. The predicted octanol–water partition coefficient (Wildman–Crippen LogP) is 3.50. The zero-order valence-corrected chi connectivity index (χ0v) is 18.4. The minimum absolute atomic E-state index is 0.0348. The summed E-state index contributed by atoms with van der Waals surface area (Å²) in [6, 6.07) is 12.4. The molecule has 1 amide bonds. The van der Waals surface area contributed by atoms with Gasteiger partial charge in [-0.2, -0.15) is 0 Å². The molecule has 0 radical (unpaired) electrons. The number of hydrogen-bond acceptors (Lipinski definition) is 5. The van der Waals surface area contributed by atoms with E-state index in [-0.39, 0.29) is 27.9 Å². The molecule has 3 rings (SSSR count). The first-order valence-corrected chi connectivity index (χ1v) is 11.6. The lowest BCUT2D eigenvalue weighted by atomic mass is 10.2. The first-order valence-electron chi connectivity index (χ1n) is 9.77. The van der Waals surface area contributed by atoms with Crippen LogP contribution < -0.4 is 4.31 Å². The zero-order chi connectivity index (χ0) is 22.4. The topological polar surface area (TPSA) is 84.0 Å². The van der Waals surface area contributed by atoms with Gasteiger partial charge in [-0.3, -0.25) is 9.10 Å². The van der Waals surface area contributed by atoms with Crippen molar-refractivity contribution in [3.63, 3.8) is 0 Å². The number of sulfonamides is 1. The smallest absolute Gasteiger partial charge is 0.340 e. The Bertz CT molecular complexity index is 1070. The molecule has 2 aromatic carbocycles. The van der Waals surface area contributed by atoms with Crippen molar-refractivity contribution >= 4 is 39.2 Å². The van der Waals surface area contributed by atoms with Gasteiger partial charge in [-0.1, -0.05) is 35.9 Å². The number of carbonyl (C=O) groups is 2. The number of ether oxygens (including phenoxy) is 1. The van der Waals surface area contributed by atoms with E-state index in [0.717, 1.165) is 12.8 Å². The van der Waals surface area contributed by atoms with E-state index in [0.29, 0.717) is 18.8 Å². The maximum absolute atomic E-state index is 13.3. The van der Waals surface area contributed by atoms with Gasteiger partial charge in [0, 0.05) is 13.1 Å². The van der Waals surface area contributed by atoms with Crippen molar-refractivity contribution in [3.8, 4) is 0 Å². The molecule has 0 saturated carbocycles. The average molecular weight is 463 g/mol. The number of esters is 1. The minimum Gasteiger partial charge on any atom is -0.452 e. The van der Waals surface area contributed by atoms with Gasteiger partial charge in [-0.25, -0.2) is 13.2 Å². The lowest BCUT2D eigenvalue weighted by Gasteiger charge is -2.23. The van der Waals surface area contributed by atoms with Gasteiger partial charge in [0.2, 0.25) is 0 Å². The SMILES string of the molecule is C=CCN(c1ccccc1)S(=O)(=O)c1ccc(Cl)c(C(=O)OCC(=O)N2CCCC2)c1. The Labute approximate surface area is 186 Å². The van der Waals surface area contributed by atoms with Crippen LogP contribution in [0.4, 0.5) is 5.69 Å². The van der Waals surface area contributed by atoms with E-state index in [9.17, 15) is 18.0 Å². The van der Waals surface area contributed by atoms with Gasteiger partial charge < -0.3 is 9.64 Å². The second-order valence-corrected chi connectivity index (χ2v) is 9.24. The molecule has 0 atom stereocenters. The standard InChI is InChI=1S/C22H23ClN2O5S/c1-2-12-25(17-8-4-3-5-9-17)31(28,29)18-10-11-20(23)19(15-18)22(27)30-16-21(26)24-13-6-7-14-24/h2-5,8-11,15H,1,6-7,12-14,16H2. The molecule has 1 aliphatic rings. The molecular formula is C22H23ClN2O5S. The Hall–Kier alpha value is -2.84. The molecule has 7 nitrogen and oxygen atoms in total. The van der Waals surface area contributed by atoms with E-state index in [1.54, 1.807) is 35.2 Å². The van der Waals surface area contributed by atoms with Crippen molar-refractivity contribution < 1.29 is 22.7 Å². The maximum Gasteiger partial charge on any atom is 0.340 e. The summed E-state index contributed by atoms with van der Waals surface area (Å²) in [5.41, 5.74) is 0.335. The fourth-order valence-corrected chi connectivity index (χ4v) is 4.92. The molecular weight excluding hydrogens is 440 g/mol. The molecule has 0 aliphatic carbocycles. The number of hydrogen-bond donors (Lipinski definition) is 0. The monoisotopic (exact) mass is 462 g/mol. The van der Waals surface area contributed by atoms with Gasteiger partial charge in [-0.05, 0) is 43.2 Å². The molecule has 0 bridgehead atoms. The summed E-state index contributed by atoms with van der Waals surface area (Å²) in [5.74, 6) is -1.14.